The molecule has 2 aromatic rings. The standard InChI is InChI=1S/C23H29N3O3/c1-17-6-4-7-18(2)23(17)24-21(27)16-25-10-12-26(13-11-25)22(28)15-19-8-5-9-20(14-19)29-3/h4-9,14H,10-13,15-16H2,1-3H3,(H,24,27). The molecule has 0 saturated carbocycles. The second-order valence-electron chi connectivity index (χ2n) is 7.50. The van der Waals surface area contributed by atoms with Crippen LogP contribution in [0, 0.1) is 13.8 Å². The molecular weight excluding hydrogens is 366 g/mol. The van der Waals surface area contributed by atoms with Crippen LogP contribution < -0.4 is 10.1 Å². The van der Waals surface area contributed by atoms with E-state index in [1.54, 1.807) is 7.11 Å². The Hall–Kier alpha value is -2.86. The van der Waals surface area contributed by atoms with Crippen LogP contribution in [-0.2, 0) is 16.0 Å². The summed E-state index contributed by atoms with van der Waals surface area (Å²) in [5, 5.41) is 3.03. The molecule has 154 valence electrons. The van der Waals surface area contributed by atoms with Gasteiger partial charge in [-0.15, -0.1) is 0 Å². The van der Waals surface area contributed by atoms with E-state index >= 15 is 0 Å². The maximum Gasteiger partial charge on any atom is 0.238 e. The number of anilines is 1. The number of nitrogens with one attached hydrogen (secondary N) is 1. The average Bonchev–Trinajstić information content (AvgIpc) is 2.71. The summed E-state index contributed by atoms with van der Waals surface area (Å²) >= 11 is 0. The molecule has 29 heavy (non-hydrogen) atoms. The highest BCUT2D eigenvalue weighted by molar-refractivity contribution is 5.93. The summed E-state index contributed by atoms with van der Waals surface area (Å²) in [4.78, 5) is 29.0. The topological polar surface area (TPSA) is 61.9 Å². The molecule has 2 aromatic carbocycles. The molecule has 1 heterocycles. The highest BCUT2D eigenvalue weighted by Gasteiger charge is 2.23. The van der Waals surface area contributed by atoms with Crippen molar-refractivity contribution in [2.24, 2.45) is 0 Å². The smallest absolute Gasteiger partial charge is 0.238 e. The van der Waals surface area contributed by atoms with E-state index in [0.29, 0.717) is 39.1 Å². The summed E-state index contributed by atoms with van der Waals surface area (Å²) in [6.07, 6.45) is 0.365. The lowest BCUT2D eigenvalue weighted by atomic mass is 10.1. The fourth-order valence-electron chi connectivity index (χ4n) is 3.62. The van der Waals surface area contributed by atoms with Gasteiger partial charge >= 0.3 is 0 Å². The summed E-state index contributed by atoms with van der Waals surface area (Å²) in [5.41, 5.74) is 3.96. The first-order chi connectivity index (χ1) is 14.0. The lowest BCUT2D eigenvalue weighted by Gasteiger charge is -2.34. The van der Waals surface area contributed by atoms with E-state index in [-0.39, 0.29) is 11.8 Å². The fraction of sp³-hybridized carbons (Fsp3) is 0.391. The molecule has 6 nitrogen and oxygen atoms in total. The molecular formula is C23H29N3O3. The van der Waals surface area contributed by atoms with Crippen molar-refractivity contribution in [3.63, 3.8) is 0 Å². The number of carbonyl (C=O) groups is 2. The third kappa shape index (κ3) is 5.57. The second-order valence-corrected chi connectivity index (χ2v) is 7.50. The number of nitrogens with zero attached hydrogens (tertiary/aromatic N) is 2. The highest BCUT2D eigenvalue weighted by Crippen LogP contribution is 2.19. The van der Waals surface area contributed by atoms with Gasteiger partial charge in [-0.2, -0.15) is 0 Å². The molecule has 0 aromatic heterocycles. The minimum absolute atomic E-state index is 0.0152. The normalized spacial score (nSPS) is 14.5. The first-order valence-electron chi connectivity index (χ1n) is 9.95. The van der Waals surface area contributed by atoms with Gasteiger partial charge < -0.3 is 15.0 Å². The Morgan fingerprint density at radius 1 is 1.00 bits per heavy atom. The predicted octanol–water partition coefficient (Wildman–Crippen LogP) is 2.64. The van der Waals surface area contributed by atoms with Gasteiger partial charge in [0, 0.05) is 31.9 Å². The number of hydrogen-bond donors (Lipinski definition) is 1. The summed E-state index contributed by atoms with van der Waals surface area (Å²) in [6, 6.07) is 13.6. The predicted molar refractivity (Wildman–Crippen MR) is 114 cm³/mol. The highest BCUT2D eigenvalue weighted by atomic mass is 16.5. The van der Waals surface area contributed by atoms with Gasteiger partial charge in [0.15, 0.2) is 0 Å². The molecule has 1 aliphatic heterocycles. The Morgan fingerprint density at radius 3 is 2.31 bits per heavy atom. The summed E-state index contributed by atoms with van der Waals surface area (Å²) < 4.78 is 5.22. The SMILES string of the molecule is COc1cccc(CC(=O)N2CCN(CC(=O)Nc3c(C)cccc3C)CC2)c1. The van der Waals surface area contributed by atoms with Gasteiger partial charge in [0.25, 0.3) is 0 Å². The van der Waals surface area contributed by atoms with E-state index in [2.05, 4.69) is 10.2 Å². The number of ether oxygens (including phenoxy) is 1. The van der Waals surface area contributed by atoms with Gasteiger partial charge in [0.2, 0.25) is 11.8 Å². The Balaban J connectivity index is 1.47. The van der Waals surface area contributed by atoms with Crippen LogP contribution in [0.15, 0.2) is 42.5 Å². The van der Waals surface area contributed by atoms with Crippen molar-refractivity contribution in [1.29, 1.82) is 0 Å². The van der Waals surface area contributed by atoms with Crippen LogP contribution in [0.3, 0.4) is 0 Å². The third-order valence-corrected chi connectivity index (χ3v) is 5.33. The van der Waals surface area contributed by atoms with Gasteiger partial charge in [-0.1, -0.05) is 30.3 Å². The largest absolute Gasteiger partial charge is 0.497 e. The molecule has 6 heteroatoms. The summed E-state index contributed by atoms with van der Waals surface area (Å²) in [7, 11) is 1.62. The van der Waals surface area contributed by atoms with Crippen LogP contribution in [0.2, 0.25) is 0 Å². The van der Waals surface area contributed by atoms with E-state index in [1.807, 2.05) is 61.2 Å². The van der Waals surface area contributed by atoms with E-state index in [4.69, 9.17) is 4.74 Å². The first kappa shape index (κ1) is 20.9. The van der Waals surface area contributed by atoms with Crippen LogP contribution in [0.5, 0.6) is 5.75 Å². The Labute approximate surface area is 172 Å². The quantitative estimate of drug-likeness (QED) is 0.817. The van der Waals surface area contributed by atoms with Gasteiger partial charge in [0.1, 0.15) is 5.75 Å². The second kappa shape index (κ2) is 9.56. The first-order valence-corrected chi connectivity index (χ1v) is 9.95. The molecule has 1 fully saturated rings. The number of amides is 2. The monoisotopic (exact) mass is 395 g/mol. The van der Waals surface area contributed by atoms with Gasteiger partial charge in [0.05, 0.1) is 20.1 Å². The van der Waals surface area contributed by atoms with Crippen molar-refractivity contribution in [1.82, 2.24) is 9.80 Å². The third-order valence-electron chi connectivity index (χ3n) is 5.33. The number of benzene rings is 2. The molecule has 0 unspecified atom stereocenters. The van der Waals surface area contributed by atoms with Crippen molar-refractivity contribution in [2.45, 2.75) is 20.3 Å². The van der Waals surface area contributed by atoms with Crippen molar-refractivity contribution < 1.29 is 14.3 Å². The molecule has 0 bridgehead atoms. The van der Waals surface area contributed by atoms with Crippen LogP contribution in [0.25, 0.3) is 0 Å². The minimum atomic E-state index is -0.0152. The molecule has 1 saturated heterocycles. The number of piperazine rings is 1. The van der Waals surface area contributed by atoms with Gasteiger partial charge in [-0.3, -0.25) is 14.5 Å². The molecule has 1 aliphatic rings. The van der Waals surface area contributed by atoms with Crippen LogP contribution in [-0.4, -0.2) is 61.4 Å². The number of methoxy groups -OCH3 is 1. The molecule has 2 amide bonds. The van der Waals surface area contributed by atoms with Crippen molar-refractivity contribution in [3.05, 3.63) is 59.2 Å². The van der Waals surface area contributed by atoms with Crippen molar-refractivity contribution in [3.8, 4) is 5.75 Å². The number of aryl methyl sites for hydroxylation is 2. The van der Waals surface area contributed by atoms with Gasteiger partial charge in [-0.05, 0) is 42.7 Å². The zero-order valence-corrected chi connectivity index (χ0v) is 17.4. The molecule has 0 radical (unpaired) electrons. The van der Waals surface area contributed by atoms with Crippen molar-refractivity contribution in [2.75, 3.05) is 45.2 Å². The molecule has 3 rings (SSSR count). The van der Waals surface area contributed by atoms with E-state index < -0.39 is 0 Å². The zero-order valence-electron chi connectivity index (χ0n) is 17.4. The Kier molecular flexibility index (Phi) is 6.88. The van der Waals surface area contributed by atoms with E-state index in [0.717, 1.165) is 28.1 Å². The minimum Gasteiger partial charge on any atom is -0.497 e. The zero-order chi connectivity index (χ0) is 20.8. The number of carbonyl (C=O) groups excluding carboxylic acids is 2. The molecule has 0 aliphatic carbocycles. The van der Waals surface area contributed by atoms with E-state index in [9.17, 15) is 9.59 Å². The summed E-state index contributed by atoms with van der Waals surface area (Å²) in [6.45, 7) is 7.00. The maximum atomic E-state index is 12.6. The molecule has 0 atom stereocenters. The van der Waals surface area contributed by atoms with Crippen LogP contribution in [0.4, 0.5) is 5.69 Å². The van der Waals surface area contributed by atoms with Gasteiger partial charge in [-0.25, -0.2) is 0 Å². The fourth-order valence-corrected chi connectivity index (χ4v) is 3.62. The Bertz CT molecular complexity index is 853. The number of hydrogen-bond acceptors (Lipinski definition) is 4. The lowest BCUT2D eigenvalue weighted by Crippen LogP contribution is -2.50. The molecule has 0 spiro atoms. The average molecular weight is 396 g/mol. The van der Waals surface area contributed by atoms with E-state index in [1.165, 1.54) is 0 Å². The maximum absolute atomic E-state index is 12.6. The molecule has 1 N–H and O–H groups in total. The number of rotatable bonds is 6. The van der Waals surface area contributed by atoms with Crippen LogP contribution in [0.1, 0.15) is 16.7 Å². The number of para-hydroxylation sites is 1. The summed E-state index contributed by atoms with van der Waals surface area (Å²) in [5.74, 6) is 0.853. The Morgan fingerprint density at radius 2 is 1.66 bits per heavy atom. The lowest BCUT2D eigenvalue weighted by molar-refractivity contribution is -0.132. The van der Waals surface area contributed by atoms with Crippen molar-refractivity contribution >= 4 is 17.5 Å². The van der Waals surface area contributed by atoms with Crippen LogP contribution >= 0.6 is 0 Å².